The highest BCUT2D eigenvalue weighted by atomic mass is 35.5. The Morgan fingerprint density at radius 3 is 1.66 bits per heavy atom. The summed E-state index contributed by atoms with van der Waals surface area (Å²) in [7, 11) is -22.7. The van der Waals surface area contributed by atoms with Crippen molar-refractivity contribution in [2.45, 2.75) is 73.0 Å². The second kappa shape index (κ2) is 29.7. The van der Waals surface area contributed by atoms with Gasteiger partial charge in [0.1, 0.15) is 50.7 Å². The first-order valence-corrected chi connectivity index (χ1v) is 36.3. The maximum atomic E-state index is 12.8. The van der Waals surface area contributed by atoms with Crippen molar-refractivity contribution < 1.29 is 84.3 Å². The van der Waals surface area contributed by atoms with E-state index in [0.29, 0.717) is 5.56 Å². The largest absolute Gasteiger partial charge is 0.493 e. The molecule has 0 saturated carbocycles. The van der Waals surface area contributed by atoms with Gasteiger partial charge in [-0.2, -0.15) is 57.6 Å². The van der Waals surface area contributed by atoms with Crippen molar-refractivity contribution in [3.63, 3.8) is 0 Å². The number of benzene rings is 5. The number of hydrogen-bond donors (Lipinski definition) is 8. The Morgan fingerprint density at radius 2 is 1.14 bits per heavy atom. The lowest BCUT2D eigenvalue weighted by Gasteiger charge is -2.13. The molecular formula is C52H52ClN13O19S7. The number of nitriles is 1. The van der Waals surface area contributed by atoms with Crippen LogP contribution in [0.2, 0.25) is 5.02 Å². The number of aromatic hydroxyl groups is 1. The Hall–Kier alpha value is -7.98. The van der Waals surface area contributed by atoms with Gasteiger partial charge >= 0.3 is 0 Å². The molecule has 92 heavy (non-hydrogen) atoms. The van der Waals surface area contributed by atoms with Gasteiger partial charge in [-0.15, -0.1) is 54.2 Å². The maximum absolute atomic E-state index is 12.8. The summed E-state index contributed by atoms with van der Waals surface area (Å²) in [5, 5.41) is 61.6. The minimum Gasteiger partial charge on any atom is -0.493 e. The van der Waals surface area contributed by atoms with Gasteiger partial charge in [0.05, 0.1) is 67.6 Å². The van der Waals surface area contributed by atoms with Crippen LogP contribution in [0.15, 0.2) is 133 Å². The number of carbonyl (C=O) groups is 2. The number of thioether (sulfide) groups is 2. The minimum absolute atomic E-state index is 0.00289. The van der Waals surface area contributed by atoms with E-state index in [-0.39, 0.29) is 149 Å². The summed E-state index contributed by atoms with van der Waals surface area (Å²) in [4.78, 5) is 29.0. The van der Waals surface area contributed by atoms with Crippen LogP contribution in [0.25, 0.3) is 16.7 Å². The zero-order chi connectivity index (χ0) is 67.7. The standard InChI is InChI=1S/C52H52ClN13O19S7/c1-28-19-42(62-65-50-29(2)34(27-54)51-57-36-12-10-33(91(79,80)81)21-45(36)66(51)52(50)69)46(85-13-5-6-16-88(70,71)72)24-37(28)59-63-43-23-39(56-31(4)68)41(26-48(43)87-15-8-18-90(76,77)78)61-64-44-22-38(55-30(3)67)40(25-47(44)86-14-7-17-89(73,74)75)60-58-32-9-11-35(53)49(20-32)92(82,83)84/h9-12,19-26,69H,5-8,13-18H2,1-4H3,(H,55,67)(H,56,68)(H,70,71,72)(H,73,74,75)(H,76,77,78)(H,79,80,81)(H,82,83,84). The van der Waals surface area contributed by atoms with Crippen molar-refractivity contribution in [1.82, 2.24) is 9.38 Å². The van der Waals surface area contributed by atoms with Crippen molar-refractivity contribution in [3.8, 4) is 17.7 Å². The van der Waals surface area contributed by atoms with Gasteiger partial charge in [-0.3, -0.25) is 36.8 Å². The highest BCUT2D eigenvalue weighted by Crippen LogP contribution is 2.46. The Balaban J connectivity index is 1.34. The summed E-state index contributed by atoms with van der Waals surface area (Å²) < 4.78 is 173. The van der Waals surface area contributed by atoms with Gasteiger partial charge in [-0.1, -0.05) is 11.6 Å². The zero-order valence-corrected chi connectivity index (χ0v) is 54.6. The molecule has 0 aliphatic heterocycles. The normalized spacial score (nSPS) is 12.7. The van der Waals surface area contributed by atoms with Gasteiger partial charge < -0.3 is 20.5 Å². The summed E-state index contributed by atoms with van der Waals surface area (Å²) in [6.45, 7) is 5.22. The fourth-order valence-corrected chi connectivity index (χ4v) is 13.6. The highest BCUT2D eigenvalue weighted by Gasteiger charge is 2.24. The number of fused-ring (bicyclic) bond motifs is 3. The Kier molecular flexibility index (Phi) is 23.1. The molecule has 8 N–H and O–H groups in total. The third-order valence-corrected chi connectivity index (χ3v) is 19.2. The van der Waals surface area contributed by atoms with E-state index in [1.54, 1.807) is 6.92 Å². The number of amides is 2. The molecule has 0 spiro atoms. The zero-order valence-electron chi connectivity index (χ0n) is 48.1. The number of hydrogen-bond acceptors (Lipinski definition) is 26. The van der Waals surface area contributed by atoms with Crippen LogP contribution in [0.1, 0.15) is 56.2 Å². The molecule has 0 bridgehead atoms. The highest BCUT2D eigenvalue weighted by molar-refractivity contribution is 7.99. The molecule has 0 fully saturated rings. The van der Waals surface area contributed by atoms with Gasteiger partial charge in [0.2, 0.25) is 17.7 Å². The van der Waals surface area contributed by atoms with Crippen molar-refractivity contribution in [2.24, 2.45) is 40.9 Å². The molecule has 0 unspecified atom stereocenters. The van der Waals surface area contributed by atoms with Crippen LogP contribution in [0.5, 0.6) is 11.6 Å². The maximum Gasteiger partial charge on any atom is 0.296 e. The van der Waals surface area contributed by atoms with E-state index < -0.39 is 95.3 Å². The monoisotopic (exact) mass is 1420 g/mol. The van der Waals surface area contributed by atoms with Crippen molar-refractivity contribution in [3.05, 3.63) is 94.5 Å². The van der Waals surface area contributed by atoms with E-state index in [9.17, 15) is 84.8 Å². The first-order chi connectivity index (χ1) is 43.0. The first kappa shape index (κ1) is 71.5. The van der Waals surface area contributed by atoms with Gasteiger partial charge in [0.15, 0.2) is 11.3 Å². The lowest BCUT2D eigenvalue weighted by atomic mass is 10.1. The molecule has 2 heterocycles. The van der Waals surface area contributed by atoms with Gasteiger partial charge in [-0.05, 0) is 123 Å². The van der Waals surface area contributed by atoms with Crippen molar-refractivity contribution in [1.29, 1.82) is 5.26 Å². The van der Waals surface area contributed by atoms with Crippen molar-refractivity contribution in [2.75, 3.05) is 46.0 Å². The van der Waals surface area contributed by atoms with Crippen molar-refractivity contribution >= 4 is 171 Å². The number of halogens is 1. The summed E-state index contributed by atoms with van der Waals surface area (Å²) in [5.41, 5.74) is -0.0208. The molecule has 7 rings (SSSR count). The fourth-order valence-electron chi connectivity index (χ4n) is 8.22. The lowest BCUT2D eigenvalue weighted by molar-refractivity contribution is -0.115. The number of rotatable bonds is 28. The molecule has 40 heteroatoms. The second-order valence-corrected chi connectivity index (χ2v) is 29.7. The van der Waals surface area contributed by atoms with Crippen LogP contribution in [0, 0.1) is 25.2 Å². The average molecular weight is 1420 g/mol. The molecule has 32 nitrogen and oxygen atoms in total. The summed E-state index contributed by atoms with van der Waals surface area (Å²) >= 11 is 8.01. The molecule has 7 aromatic rings. The van der Waals surface area contributed by atoms with E-state index in [2.05, 4.69) is 56.5 Å². The van der Waals surface area contributed by atoms with E-state index in [1.807, 2.05) is 6.07 Å². The lowest BCUT2D eigenvalue weighted by Crippen LogP contribution is -2.06. The predicted octanol–water partition coefficient (Wildman–Crippen LogP) is 12.2. The Labute approximate surface area is 538 Å². The first-order valence-electron chi connectivity index (χ1n) is 26.3. The topological polar surface area (TPSA) is 499 Å². The van der Waals surface area contributed by atoms with Crippen LogP contribution >= 0.6 is 35.1 Å². The number of azo groups is 4. The van der Waals surface area contributed by atoms with Gasteiger partial charge in [0.25, 0.3) is 50.6 Å². The number of nitrogens with zero attached hydrogens (tertiary/aromatic N) is 11. The summed E-state index contributed by atoms with van der Waals surface area (Å²) in [5.74, 6) is -3.70. The van der Waals surface area contributed by atoms with Crippen LogP contribution in [0.4, 0.5) is 56.9 Å². The molecule has 0 radical (unpaired) electrons. The third-order valence-electron chi connectivity index (χ3n) is 12.4. The molecule has 2 aromatic heterocycles. The molecule has 5 aromatic carbocycles. The summed E-state index contributed by atoms with van der Waals surface area (Å²) in [6, 6.07) is 17.0. The number of unbranched alkanes of at least 4 members (excludes halogenated alkanes) is 1. The molecule has 488 valence electrons. The van der Waals surface area contributed by atoms with E-state index in [0.717, 1.165) is 52.2 Å². The minimum atomic E-state index is -4.80. The van der Waals surface area contributed by atoms with Crippen LogP contribution < -0.4 is 15.4 Å². The molecule has 0 atom stereocenters. The third kappa shape index (κ3) is 19.8. The average Bonchev–Trinajstić information content (AvgIpc) is 1.57. The van der Waals surface area contributed by atoms with Gasteiger partial charge in [0, 0.05) is 35.3 Å². The molecule has 0 saturated heterocycles. The smallest absolute Gasteiger partial charge is 0.296 e. The van der Waals surface area contributed by atoms with E-state index in [4.69, 9.17) is 16.3 Å². The SMILES string of the molecule is CC(=O)Nc1cc(N=Nc2cc(SCCCS(=O)(=O)O)c(N=Nc3cc(OCCCCS(=O)(=O)O)c(N=Nc4c(C)c(C#N)c5nc6ccc(S(=O)(=O)O)cc6n5c4O)cc3C)cc2NC(C)=O)c(SCCCS(=O)(=O)O)cc1N=Nc1ccc(Cl)c(S(=O)(=O)O)c1. The second-order valence-electron chi connectivity index (χ2n) is 19.5. The number of nitrogens with one attached hydrogen (secondary N) is 2. The van der Waals surface area contributed by atoms with E-state index in [1.165, 1.54) is 69.3 Å². The Bertz CT molecular complexity index is 4870. The molecule has 0 aliphatic rings. The molecule has 0 aliphatic carbocycles. The molecule has 2 amide bonds. The van der Waals surface area contributed by atoms with Crippen LogP contribution in [-0.4, -0.2) is 127 Å². The number of aryl methyl sites for hydroxylation is 1. The predicted molar refractivity (Wildman–Crippen MR) is 339 cm³/mol. The quantitative estimate of drug-likeness (QED) is 0.00977. The number of aromatic nitrogens is 2. The van der Waals surface area contributed by atoms with Gasteiger partial charge in [-0.25, -0.2) is 4.98 Å². The number of carbonyl (C=O) groups excluding carboxylic acids is 2. The van der Waals surface area contributed by atoms with E-state index >= 15 is 0 Å². The number of ether oxygens (including phenoxy) is 1. The Morgan fingerprint density at radius 1 is 0.620 bits per heavy atom. The molecular weight excluding hydrogens is 1370 g/mol. The number of pyridine rings is 1. The van der Waals surface area contributed by atoms with Crippen LogP contribution in [0.3, 0.4) is 0 Å². The number of imidazole rings is 1. The number of anilines is 2. The fraction of sp³-hybridized carbons (Fsp3) is 0.269. The van der Waals surface area contributed by atoms with Crippen LogP contribution in [-0.2, 0) is 60.2 Å². The summed E-state index contributed by atoms with van der Waals surface area (Å²) in [6.07, 6.45) is -0.127.